The van der Waals surface area contributed by atoms with Crippen LogP contribution in [0.25, 0.3) is 22.3 Å². The summed E-state index contributed by atoms with van der Waals surface area (Å²) in [6.45, 7) is 4.32. The number of phenols is 1. The fourth-order valence-corrected chi connectivity index (χ4v) is 3.86. The average molecular weight is 395 g/mol. The van der Waals surface area contributed by atoms with Crippen molar-refractivity contribution >= 4 is 16.9 Å². The Labute approximate surface area is 166 Å². The van der Waals surface area contributed by atoms with E-state index in [1.807, 2.05) is 19.9 Å². The van der Waals surface area contributed by atoms with Gasteiger partial charge >= 0.3 is 5.97 Å². The maximum atomic E-state index is 12.9. The third-order valence-corrected chi connectivity index (χ3v) is 5.25. The number of aromatic nitrogens is 2. The number of hydrogen-bond acceptors (Lipinski definition) is 7. The molecule has 2 aliphatic heterocycles. The number of aliphatic hydroxyl groups is 1. The molecule has 150 valence electrons. The highest BCUT2D eigenvalue weighted by Gasteiger charge is 2.33. The summed E-state index contributed by atoms with van der Waals surface area (Å²) in [5, 5.41) is 20.9. The van der Waals surface area contributed by atoms with Crippen molar-refractivity contribution in [3.05, 3.63) is 56.9 Å². The molecule has 0 spiro atoms. The fourth-order valence-electron chi connectivity index (χ4n) is 3.86. The number of nitrogens with zero attached hydrogens (tertiary/aromatic N) is 2. The van der Waals surface area contributed by atoms with Crippen molar-refractivity contribution in [3.63, 3.8) is 0 Å². The summed E-state index contributed by atoms with van der Waals surface area (Å²) in [5.41, 5.74) is 9.22. The molecule has 4 heterocycles. The quantitative estimate of drug-likeness (QED) is 0.419. The highest BCUT2D eigenvalue weighted by Crippen LogP contribution is 2.36. The molecule has 4 N–H and O–H groups in total. The molecule has 29 heavy (non-hydrogen) atoms. The SMILES string of the molecule is CC.NCc1c(O)ccc2nc3c(cc12)Cn1c-3cc2c(c1=O)COC(=O)C2O. The predicted octanol–water partition coefficient (Wildman–Crippen LogP) is 1.71. The minimum Gasteiger partial charge on any atom is -0.508 e. The van der Waals surface area contributed by atoms with E-state index in [-0.39, 0.29) is 35.6 Å². The van der Waals surface area contributed by atoms with Crippen LogP contribution in [0.15, 0.2) is 29.1 Å². The highest BCUT2D eigenvalue weighted by molar-refractivity contribution is 5.88. The number of cyclic esters (lactones) is 1. The summed E-state index contributed by atoms with van der Waals surface area (Å²) in [6, 6.07) is 6.74. The fraction of sp³-hybridized carbons (Fsp3) is 0.286. The van der Waals surface area contributed by atoms with Crippen LogP contribution in [0.4, 0.5) is 0 Å². The van der Waals surface area contributed by atoms with Crippen LogP contribution in [-0.4, -0.2) is 25.7 Å². The van der Waals surface area contributed by atoms with Gasteiger partial charge < -0.3 is 25.3 Å². The number of pyridine rings is 2. The lowest BCUT2D eigenvalue weighted by Crippen LogP contribution is -2.32. The number of rotatable bonds is 1. The first-order valence-electron chi connectivity index (χ1n) is 9.46. The summed E-state index contributed by atoms with van der Waals surface area (Å²) in [5.74, 6) is -0.659. The van der Waals surface area contributed by atoms with Crippen molar-refractivity contribution in [1.82, 2.24) is 9.55 Å². The molecule has 3 aromatic rings. The van der Waals surface area contributed by atoms with Crippen LogP contribution in [0.2, 0.25) is 0 Å². The molecule has 0 amide bonds. The first-order valence-corrected chi connectivity index (χ1v) is 9.46. The number of carbonyl (C=O) groups excluding carboxylic acids is 1. The number of aromatic hydroxyl groups is 1. The van der Waals surface area contributed by atoms with E-state index in [1.54, 1.807) is 22.8 Å². The number of fused-ring (bicyclic) bond motifs is 5. The number of esters is 1. The lowest BCUT2D eigenvalue weighted by atomic mass is 10.00. The second-order valence-corrected chi connectivity index (χ2v) is 6.70. The van der Waals surface area contributed by atoms with Crippen molar-refractivity contribution in [2.45, 2.75) is 39.6 Å². The molecule has 0 aliphatic carbocycles. The maximum absolute atomic E-state index is 12.9. The van der Waals surface area contributed by atoms with Crippen LogP contribution in [0.1, 0.15) is 42.2 Å². The monoisotopic (exact) mass is 395 g/mol. The van der Waals surface area contributed by atoms with E-state index in [2.05, 4.69) is 4.98 Å². The largest absolute Gasteiger partial charge is 0.508 e. The zero-order valence-corrected chi connectivity index (χ0v) is 16.1. The molecule has 8 nitrogen and oxygen atoms in total. The zero-order valence-electron chi connectivity index (χ0n) is 16.1. The van der Waals surface area contributed by atoms with Crippen LogP contribution in [0, 0.1) is 0 Å². The van der Waals surface area contributed by atoms with Gasteiger partial charge in [0.1, 0.15) is 12.4 Å². The Balaban J connectivity index is 0.000000994. The molecule has 2 aliphatic rings. The normalized spacial score (nSPS) is 16.4. The van der Waals surface area contributed by atoms with Gasteiger partial charge in [-0.15, -0.1) is 0 Å². The van der Waals surface area contributed by atoms with Crippen LogP contribution in [0.5, 0.6) is 5.75 Å². The van der Waals surface area contributed by atoms with Gasteiger partial charge in [-0.1, -0.05) is 13.8 Å². The van der Waals surface area contributed by atoms with E-state index < -0.39 is 12.1 Å². The number of phenolic OH excluding ortho intramolecular Hbond substituents is 1. The lowest BCUT2D eigenvalue weighted by molar-refractivity contribution is -0.157. The van der Waals surface area contributed by atoms with E-state index >= 15 is 0 Å². The van der Waals surface area contributed by atoms with Gasteiger partial charge in [-0.05, 0) is 24.3 Å². The summed E-state index contributed by atoms with van der Waals surface area (Å²) in [4.78, 5) is 29.2. The standard InChI is InChI=1S/C19H15N3O5.C2H6/c20-5-11-9-3-8-6-22-14(16(8)21-13(9)1-2-15(11)23)4-10-12(18(22)25)7-27-19(26)17(10)24;1-2/h1-4,17,23-24H,5-7,20H2;1-2H3. The first-order chi connectivity index (χ1) is 14.0. The van der Waals surface area contributed by atoms with E-state index in [0.717, 1.165) is 10.9 Å². The smallest absolute Gasteiger partial charge is 0.340 e. The topological polar surface area (TPSA) is 128 Å². The molecular weight excluding hydrogens is 374 g/mol. The number of benzene rings is 1. The molecule has 1 atom stereocenters. The Kier molecular flexibility index (Phi) is 4.60. The summed E-state index contributed by atoms with van der Waals surface area (Å²) >= 11 is 0. The van der Waals surface area contributed by atoms with E-state index in [0.29, 0.717) is 29.0 Å². The Morgan fingerprint density at radius 2 is 2.03 bits per heavy atom. The Morgan fingerprint density at radius 3 is 2.76 bits per heavy atom. The predicted molar refractivity (Wildman–Crippen MR) is 106 cm³/mol. The number of carbonyl (C=O) groups is 1. The number of aliphatic hydroxyl groups excluding tert-OH is 1. The van der Waals surface area contributed by atoms with Gasteiger partial charge in [-0.3, -0.25) is 4.79 Å². The van der Waals surface area contributed by atoms with Gasteiger partial charge in [-0.25, -0.2) is 9.78 Å². The van der Waals surface area contributed by atoms with Crippen molar-refractivity contribution in [3.8, 4) is 17.1 Å². The minimum atomic E-state index is -1.47. The molecule has 0 fully saturated rings. The third kappa shape index (κ3) is 2.72. The molecule has 0 radical (unpaired) electrons. The summed E-state index contributed by atoms with van der Waals surface area (Å²) < 4.78 is 6.44. The second kappa shape index (κ2) is 6.98. The average Bonchev–Trinajstić information content (AvgIpc) is 3.09. The van der Waals surface area contributed by atoms with E-state index in [9.17, 15) is 19.8 Å². The van der Waals surface area contributed by atoms with Crippen molar-refractivity contribution in [1.29, 1.82) is 0 Å². The van der Waals surface area contributed by atoms with Crippen molar-refractivity contribution in [2.24, 2.45) is 5.73 Å². The third-order valence-electron chi connectivity index (χ3n) is 5.25. The Bertz CT molecular complexity index is 1220. The highest BCUT2D eigenvalue weighted by atomic mass is 16.5. The maximum Gasteiger partial charge on any atom is 0.340 e. The number of ether oxygens (including phenoxy) is 1. The zero-order chi connectivity index (χ0) is 20.9. The summed E-state index contributed by atoms with van der Waals surface area (Å²) in [6.07, 6.45) is -1.47. The van der Waals surface area contributed by atoms with Gasteiger partial charge in [0, 0.05) is 28.6 Å². The molecule has 5 rings (SSSR count). The second-order valence-electron chi connectivity index (χ2n) is 6.70. The molecule has 1 unspecified atom stereocenters. The first kappa shape index (κ1) is 19.1. The minimum absolute atomic E-state index is 0.105. The van der Waals surface area contributed by atoms with Gasteiger partial charge in [0.15, 0.2) is 6.10 Å². The van der Waals surface area contributed by atoms with Crippen LogP contribution in [-0.2, 0) is 29.2 Å². The van der Waals surface area contributed by atoms with Gasteiger partial charge in [0.2, 0.25) is 0 Å². The number of nitrogens with two attached hydrogens (primary N) is 1. The van der Waals surface area contributed by atoms with Crippen LogP contribution < -0.4 is 11.3 Å². The Morgan fingerprint density at radius 1 is 1.28 bits per heavy atom. The molecular formula is C21H21N3O5. The van der Waals surface area contributed by atoms with Gasteiger partial charge in [-0.2, -0.15) is 0 Å². The summed E-state index contributed by atoms with van der Waals surface area (Å²) in [7, 11) is 0. The van der Waals surface area contributed by atoms with Crippen molar-refractivity contribution < 1.29 is 19.7 Å². The van der Waals surface area contributed by atoms with Gasteiger partial charge in [0.05, 0.1) is 29.0 Å². The van der Waals surface area contributed by atoms with Crippen LogP contribution >= 0.6 is 0 Å². The molecule has 0 bridgehead atoms. The lowest BCUT2D eigenvalue weighted by Gasteiger charge is -2.21. The molecule has 0 saturated heterocycles. The van der Waals surface area contributed by atoms with Gasteiger partial charge in [0.25, 0.3) is 5.56 Å². The van der Waals surface area contributed by atoms with Crippen molar-refractivity contribution in [2.75, 3.05) is 0 Å². The van der Waals surface area contributed by atoms with E-state index in [1.165, 1.54) is 0 Å². The van der Waals surface area contributed by atoms with Crippen LogP contribution in [0.3, 0.4) is 0 Å². The molecule has 2 aromatic heterocycles. The number of hydrogen-bond donors (Lipinski definition) is 3. The molecule has 8 heteroatoms. The molecule has 0 saturated carbocycles. The Hall–Kier alpha value is -3.23. The van der Waals surface area contributed by atoms with E-state index in [4.69, 9.17) is 10.5 Å². The molecule has 1 aromatic carbocycles.